The maximum atomic E-state index is 12.3. The third-order valence-corrected chi connectivity index (χ3v) is 3.28. The highest BCUT2D eigenvalue weighted by Gasteiger charge is 2.32. The first kappa shape index (κ1) is 18.6. The van der Waals surface area contributed by atoms with Gasteiger partial charge in [0.2, 0.25) is 5.91 Å². The van der Waals surface area contributed by atoms with E-state index in [1.54, 1.807) is 17.0 Å². The molecule has 124 valence electrons. The molecule has 2 rings (SSSR count). The highest BCUT2D eigenvalue weighted by atomic mass is 35.5. The number of rotatable bonds is 4. The van der Waals surface area contributed by atoms with Gasteiger partial charge in [-0.25, -0.2) is 0 Å². The lowest BCUT2D eigenvalue weighted by Crippen LogP contribution is -2.46. The van der Waals surface area contributed by atoms with E-state index in [-0.39, 0.29) is 36.9 Å². The van der Waals surface area contributed by atoms with Crippen LogP contribution in [-0.2, 0) is 11.2 Å². The summed E-state index contributed by atoms with van der Waals surface area (Å²) in [6.07, 6.45) is -4.31. The smallest absolute Gasteiger partial charge is 0.406 e. The maximum absolute atomic E-state index is 12.3. The van der Waals surface area contributed by atoms with Gasteiger partial charge in [-0.05, 0) is 18.1 Å². The molecule has 8 heteroatoms. The van der Waals surface area contributed by atoms with E-state index in [9.17, 15) is 18.0 Å². The lowest BCUT2D eigenvalue weighted by Gasteiger charge is -2.27. The maximum Gasteiger partial charge on any atom is 0.573 e. The molecule has 1 aromatic carbocycles. The highest BCUT2D eigenvalue weighted by molar-refractivity contribution is 5.85. The summed E-state index contributed by atoms with van der Waals surface area (Å²) in [6.45, 7) is 2.78. The van der Waals surface area contributed by atoms with Crippen molar-refractivity contribution in [2.75, 3.05) is 26.2 Å². The molecule has 0 unspecified atom stereocenters. The monoisotopic (exact) mass is 338 g/mol. The number of hydrogen-bond acceptors (Lipinski definition) is 3. The fraction of sp³-hybridized carbons (Fsp3) is 0.500. The Labute approximate surface area is 133 Å². The number of para-hydroxylation sites is 1. The number of benzene rings is 1. The quantitative estimate of drug-likeness (QED) is 0.916. The van der Waals surface area contributed by atoms with Gasteiger partial charge in [-0.2, -0.15) is 0 Å². The predicted molar refractivity (Wildman–Crippen MR) is 78.1 cm³/mol. The van der Waals surface area contributed by atoms with Crippen molar-refractivity contribution in [1.29, 1.82) is 0 Å². The fourth-order valence-electron chi connectivity index (χ4n) is 2.25. The standard InChI is InChI=1S/C14H17F3N2O2.ClH/c15-14(16,17)21-12-4-2-1-3-11(12)5-6-13(20)19-9-7-18-8-10-19;/h1-4,18H,5-10H2;1H. The first-order chi connectivity index (χ1) is 9.96. The second-order valence-corrected chi connectivity index (χ2v) is 4.79. The van der Waals surface area contributed by atoms with Crippen molar-refractivity contribution in [1.82, 2.24) is 10.2 Å². The number of piperazine rings is 1. The Morgan fingerprint density at radius 1 is 1.23 bits per heavy atom. The Morgan fingerprint density at radius 3 is 2.50 bits per heavy atom. The SMILES string of the molecule is Cl.O=C(CCc1ccccc1OC(F)(F)F)N1CCNCC1. The van der Waals surface area contributed by atoms with Crippen molar-refractivity contribution in [3.63, 3.8) is 0 Å². The Hall–Kier alpha value is -1.47. The zero-order valence-corrected chi connectivity index (χ0v) is 12.7. The molecule has 0 saturated carbocycles. The van der Waals surface area contributed by atoms with E-state index in [0.717, 1.165) is 13.1 Å². The molecular formula is C14H18ClF3N2O2. The minimum atomic E-state index is -4.72. The van der Waals surface area contributed by atoms with Crippen molar-refractivity contribution < 1.29 is 22.7 Å². The summed E-state index contributed by atoms with van der Waals surface area (Å²) in [4.78, 5) is 13.7. The molecule has 1 aliphatic rings. The van der Waals surface area contributed by atoms with Gasteiger partial charge in [0.25, 0.3) is 0 Å². The summed E-state index contributed by atoms with van der Waals surface area (Å²) in [5.74, 6) is -0.281. The molecule has 1 N–H and O–H groups in total. The van der Waals surface area contributed by atoms with E-state index in [1.807, 2.05) is 0 Å². The van der Waals surface area contributed by atoms with Crippen LogP contribution in [0.3, 0.4) is 0 Å². The Kier molecular flexibility index (Phi) is 6.96. The Bertz CT molecular complexity index is 491. The molecule has 1 aromatic rings. The van der Waals surface area contributed by atoms with E-state index in [0.29, 0.717) is 18.7 Å². The number of amides is 1. The number of halogens is 4. The zero-order chi connectivity index (χ0) is 15.3. The molecule has 0 spiro atoms. The zero-order valence-electron chi connectivity index (χ0n) is 11.9. The van der Waals surface area contributed by atoms with Gasteiger partial charge in [0.05, 0.1) is 0 Å². The summed E-state index contributed by atoms with van der Waals surface area (Å²) >= 11 is 0. The van der Waals surface area contributed by atoms with Crippen LogP contribution in [0.1, 0.15) is 12.0 Å². The van der Waals surface area contributed by atoms with E-state index in [4.69, 9.17) is 0 Å². The van der Waals surface area contributed by atoms with Gasteiger partial charge < -0.3 is 15.0 Å². The molecule has 1 fully saturated rings. The topological polar surface area (TPSA) is 41.6 Å². The molecular weight excluding hydrogens is 321 g/mol. The van der Waals surface area contributed by atoms with Gasteiger partial charge in [0.15, 0.2) is 0 Å². The summed E-state index contributed by atoms with van der Waals surface area (Å²) < 4.78 is 40.9. The van der Waals surface area contributed by atoms with Crippen LogP contribution < -0.4 is 10.1 Å². The Balaban J connectivity index is 0.00000242. The van der Waals surface area contributed by atoms with E-state index in [2.05, 4.69) is 10.1 Å². The number of aryl methyl sites for hydroxylation is 1. The van der Waals surface area contributed by atoms with Crippen molar-refractivity contribution in [2.45, 2.75) is 19.2 Å². The van der Waals surface area contributed by atoms with Crippen LogP contribution in [0.25, 0.3) is 0 Å². The Morgan fingerprint density at radius 2 is 1.86 bits per heavy atom. The van der Waals surface area contributed by atoms with Crippen molar-refractivity contribution in [3.8, 4) is 5.75 Å². The number of carbonyl (C=O) groups is 1. The largest absolute Gasteiger partial charge is 0.573 e. The second kappa shape index (κ2) is 8.24. The summed E-state index contributed by atoms with van der Waals surface area (Å²) in [5, 5.41) is 3.14. The first-order valence-electron chi connectivity index (χ1n) is 6.78. The van der Waals surface area contributed by atoms with Crippen LogP contribution in [-0.4, -0.2) is 43.3 Å². The minimum absolute atomic E-state index is 0. The van der Waals surface area contributed by atoms with Crippen LogP contribution in [0.2, 0.25) is 0 Å². The van der Waals surface area contributed by atoms with Crippen molar-refractivity contribution in [2.24, 2.45) is 0 Å². The fourth-order valence-corrected chi connectivity index (χ4v) is 2.25. The average Bonchev–Trinajstić information content (AvgIpc) is 2.45. The number of hydrogen-bond donors (Lipinski definition) is 1. The molecule has 0 radical (unpaired) electrons. The normalized spacial score (nSPS) is 15.1. The lowest BCUT2D eigenvalue weighted by molar-refractivity contribution is -0.274. The van der Waals surface area contributed by atoms with Gasteiger partial charge in [-0.15, -0.1) is 25.6 Å². The molecule has 1 aliphatic heterocycles. The summed E-state index contributed by atoms with van der Waals surface area (Å²) in [7, 11) is 0. The van der Waals surface area contributed by atoms with E-state index < -0.39 is 6.36 Å². The van der Waals surface area contributed by atoms with Crippen LogP contribution >= 0.6 is 12.4 Å². The van der Waals surface area contributed by atoms with Gasteiger partial charge in [-0.3, -0.25) is 4.79 Å². The van der Waals surface area contributed by atoms with Gasteiger partial charge >= 0.3 is 6.36 Å². The molecule has 0 bridgehead atoms. The second-order valence-electron chi connectivity index (χ2n) is 4.79. The number of nitrogens with one attached hydrogen (secondary N) is 1. The molecule has 1 amide bonds. The van der Waals surface area contributed by atoms with Gasteiger partial charge in [-0.1, -0.05) is 18.2 Å². The van der Waals surface area contributed by atoms with Crippen LogP contribution in [0.15, 0.2) is 24.3 Å². The average molecular weight is 339 g/mol. The number of carbonyl (C=O) groups excluding carboxylic acids is 1. The number of alkyl halides is 3. The van der Waals surface area contributed by atoms with Crippen molar-refractivity contribution >= 4 is 18.3 Å². The van der Waals surface area contributed by atoms with E-state index in [1.165, 1.54) is 12.1 Å². The van der Waals surface area contributed by atoms with E-state index >= 15 is 0 Å². The first-order valence-corrected chi connectivity index (χ1v) is 6.78. The van der Waals surface area contributed by atoms with Crippen molar-refractivity contribution in [3.05, 3.63) is 29.8 Å². The lowest BCUT2D eigenvalue weighted by atomic mass is 10.1. The molecule has 1 heterocycles. The molecule has 0 aromatic heterocycles. The molecule has 0 atom stereocenters. The molecule has 4 nitrogen and oxygen atoms in total. The molecule has 1 saturated heterocycles. The third-order valence-electron chi connectivity index (χ3n) is 3.28. The van der Waals surface area contributed by atoms with Gasteiger partial charge in [0, 0.05) is 32.6 Å². The summed E-state index contributed by atoms with van der Waals surface area (Å²) in [6, 6.07) is 5.92. The molecule has 22 heavy (non-hydrogen) atoms. The number of nitrogens with zero attached hydrogens (tertiary/aromatic N) is 1. The highest BCUT2D eigenvalue weighted by Crippen LogP contribution is 2.27. The van der Waals surface area contributed by atoms with Crippen LogP contribution in [0, 0.1) is 0 Å². The van der Waals surface area contributed by atoms with Crippen LogP contribution in [0.5, 0.6) is 5.75 Å². The third kappa shape index (κ3) is 5.73. The van der Waals surface area contributed by atoms with Gasteiger partial charge in [0.1, 0.15) is 5.75 Å². The van der Waals surface area contributed by atoms with Crippen LogP contribution in [0.4, 0.5) is 13.2 Å². The predicted octanol–water partition coefficient (Wildman–Crippen LogP) is 2.37. The summed E-state index contributed by atoms with van der Waals surface area (Å²) in [5.41, 5.74) is 0.387. The minimum Gasteiger partial charge on any atom is -0.406 e. The number of ether oxygens (including phenoxy) is 1. The molecule has 0 aliphatic carbocycles.